The largest absolute Gasteiger partial charge is 0.494 e. The average Bonchev–Trinajstić information content (AvgIpc) is 2.93. The van der Waals surface area contributed by atoms with Gasteiger partial charge in [0.2, 0.25) is 5.91 Å². The molecular formula is C22H35ClN2O2. The number of ether oxygens (including phenoxy) is 1. The maximum absolute atomic E-state index is 12.8. The fourth-order valence-corrected chi connectivity index (χ4v) is 4.65. The van der Waals surface area contributed by atoms with Gasteiger partial charge in [-0.05, 0) is 56.9 Å². The van der Waals surface area contributed by atoms with E-state index in [1.54, 1.807) is 0 Å². The summed E-state index contributed by atoms with van der Waals surface area (Å²) in [6, 6.07) is 9.40. The molecule has 2 saturated heterocycles. The van der Waals surface area contributed by atoms with E-state index in [1.165, 1.54) is 12.8 Å². The van der Waals surface area contributed by atoms with Crippen LogP contribution < -0.4 is 15.4 Å². The third kappa shape index (κ3) is 6.11. The molecular weight excluding hydrogens is 360 g/mol. The highest BCUT2D eigenvalue weighted by Gasteiger charge is 2.34. The number of halogens is 1. The van der Waals surface area contributed by atoms with Crippen LogP contribution in [0.1, 0.15) is 70.9 Å². The fourth-order valence-electron chi connectivity index (χ4n) is 4.65. The smallest absolute Gasteiger partial charge is 0.220 e. The minimum absolute atomic E-state index is 0. The standard InChI is InChI=1S/C22H34N2O2.ClH/c1-4-26-21-8-6-5-7-19(21)20(11-15(2)3)24-22(25)14-16-12-17-9-10-18(13-16)23-17;/h5-8,15-18,20,23H,4,9-14H2,1-3H3,(H,24,25);1H. The van der Waals surface area contributed by atoms with Crippen LogP contribution in [-0.4, -0.2) is 24.6 Å². The number of hydrogen-bond donors (Lipinski definition) is 2. The van der Waals surface area contributed by atoms with Gasteiger partial charge in [0, 0.05) is 24.1 Å². The summed E-state index contributed by atoms with van der Waals surface area (Å²) < 4.78 is 5.81. The van der Waals surface area contributed by atoms with Crippen LogP contribution in [0.3, 0.4) is 0 Å². The highest BCUT2D eigenvalue weighted by Crippen LogP contribution is 2.34. The second-order valence-corrected chi connectivity index (χ2v) is 8.40. The van der Waals surface area contributed by atoms with E-state index in [1.807, 2.05) is 25.1 Å². The Morgan fingerprint density at radius 1 is 1.22 bits per heavy atom. The van der Waals surface area contributed by atoms with E-state index in [0.717, 1.165) is 30.6 Å². The van der Waals surface area contributed by atoms with Crippen molar-refractivity contribution in [3.05, 3.63) is 29.8 Å². The lowest BCUT2D eigenvalue weighted by atomic mass is 9.89. The molecule has 1 aromatic carbocycles. The topological polar surface area (TPSA) is 50.4 Å². The zero-order valence-electron chi connectivity index (χ0n) is 16.9. The minimum atomic E-state index is 0. The molecule has 0 aromatic heterocycles. The Morgan fingerprint density at radius 2 is 1.89 bits per heavy atom. The van der Waals surface area contributed by atoms with Crippen LogP contribution >= 0.6 is 12.4 Å². The molecule has 0 spiro atoms. The van der Waals surface area contributed by atoms with Gasteiger partial charge < -0.3 is 15.4 Å². The van der Waals surface area contributed by atoms with Crippen molar-refractivity contribution in [2.75, 3.05) is 6.61 Å². The zero-order chi connectivity index (χ0) is 18.5. The lowest BCUT2D eigenvalue weighted by molar-refractivity contribution is -0.123. The zero-order valence-corrected chi connectivity index (χ0v) is 17.7. The summed E-state index contributed by atoms with van der Waals surface area (Å²) in [5, 5.41) is 6.98. The van der Waals surface area contributed by atoms with E-state index >= 15 is 0 Å². The fraction of sp³-hybridized carbons (Fsp3) is 0.682. The van der Waals surface area contributed by atoms with E-state index in [0.29, 0.717) is 36.9 Å². The molecule has 152 valence electrons. The van der Waals surface area contributed by atoms with Crippen LogP contribution in [0.5, 0.6) is 5.75 Å². The van der Waals surface area contributed by atoms with Crippen LogP contribution in [-0.2, 0) is 4.79 Å². The molecule has 2 heterocycles. The molecule has 0 radical (unpaired) electrons. The predicted molar refractivity (Wildman–Crippen MR) is 112 cm³/mol. The lowest BCUT2D eigenvalue weighted by Crippen LogP contribution is -2.40. The summed E-state index contributed by atoms with van der Waals surface area (Å²) in [4.78, 5) is 12.8. The number of hydrogen-bond acceptors (Lipinski definition) is 3. The molecule has 0 aliphatic carbocycles. The third-order valence-electron chi connectivity index (χ3n) is 5.68. The first kappa shape index (κ1) is 22.0. The molecule has 2 aliphatic heterocycles. The average molecular weight is 395 g/mol. The highest BCUT2D eigenvalue weighted by molar-refractivity contribution is 5.85. The van der Waals surface area contributed by atoms with E-state index in [-0.39, 0.29) is 24.4 Å². The second kappa shape index (κ2) is 10.3. The number of benzene rings is 1. The summed E-state index contributed by atoms with van der Waals surface area (Å²) in [5.41, 5.74) is 1.10. The van der Waals surface area contributed by atoms with Gasteiger partial charge in [0.1, 0.15) is 5.75 Å². The van der Waals surface area contributed by atoms with E-state index in [9.17, 15) is 4.79 Å². The molecule has 27 heavy (non-hydrogen) atoms. The van der Waals surface area contributed by atoms with Gasteiger partial charge in [0.15, 0.2) is 0 Å². The molecule has 0 saturated carbocycles. The SMILES string of the molecule is CCOc1ccccc1C(CC(C)C)NC(=O)CC1CC2CCC(C1)N2.Cl. The Bertz CT molecular complexity index is 596. The Morgan fingerprint density at radius 3 is 2.52 bits per heavy atom. The summed E-state index contributed by atoms with van der Waals surface area (Å²) in [6.07, 6.45) is 6.43. The van der Waals surface area contributed by atoms with E-state index in [4.69, 9.17) is 4.74 Å². The van der Waals surface area contributed by atoms with Crippen LogP contribution in [0, 0.1) is 11.8 Å². The van der Waals surface area contributed by atoms with Crippen LogP contribution in [0.2, 0.25) is 0 Å². The molecule has 3 atom stereocenters. The third-order valence-corrected chi connectivity index (χ3v) is 5.68. The van der Waals surface area contributed by atoms with Gasteiger partial charge in [0.05, 0.1) is 12.6 Å². The predicted octanol–water partition coefficient (Wildman–Crippen LogP) is 4.63. The summed E-state index contributed by atoms with van der Waals surface area (Å²) in [6.45, 7) is 7.04. The van der Waals surface area contributed by atoms with Crippen molar-refractivity contribution in [1.82, 2.24) is 10.6 Å². The second-order valence-electron chi connectivity index (χ2n) is 8.40. The molecule has 2 bridgehead atoms. The van der Waals surface area contributed by atoms with Crippen molar-refractivity contribution in [1.29, 1.82) is 0 Å². The van der Waals surface area contributed by atoms with Crippen molar-refractivity contribution in [3.63, 3.8) is 0 Å². The van der Waals surface area contributed by atoms with Gasteiger partial charge in [-0.2, -0.15) is 0 Å². The molecule has 1 amide bonds. The number of amides is 1. The highest BCUT2D eigenvalue weighted by atomic mass is 35.5. The molecule has 3 rings (SSSR count). The van der Waals surface area contributed by atoms with Crippen LogP contribution in [0.15, 0.2) is 24.3 Å². The van der Waals surface area contributed by atoms with E-state index in [2.05, 4.69) is 30.5 Å². The van der Waals surface area contributed by atoms with Crippen molar-refractivity contribution in [2.24, 2.45) is 11.8 Å². The first-order valence-electron chi connectivity index (χ1n) is 10.3. The summed E-state index contributed by atoms with van der Waals surface area (Å²) in [5.74, 6) is 2.11. The first-order chi connectivity index (χ1) is 12.5. The lowest BCUT2D eigenvalue weighted by Gasteiger charge is -2.29. The monoisotopic (exact) mass is 394 g/mol. The van der Waals surface area contributed by atoms with E-state index < -0.39 is 0 Å². The number of rotatable bonds is 8. The Balaban J connectivity index is 0.00000261. The van der Waals surface area contributed by atoms with Gasteiger partial charge in [-0.3, -0.25) is 4.79 Å². The molecule has 5 heteroatoms. The molecule has 1 aromatic rings. The Kier molecular flexibility index (Phi) is 8.43. The molecule has 2 aliphatic rings. The first-order valence-corrected chi connectivity index (χ1v) is 10.3. The Labute approximate surface area is 170 Å². The summed E-state index contributed by atoms with van der Waals surface area (Å²) >= 11 is 0. The Hall–Kier alpha value is -1.26. The number of carbonyl (C=O) groups excluding carboxylic acids is 1. The van der Waals surface area contributed by atoms with Crippen molar-refractivity contribution in [3.8, 4) is 5.75 Å². The maximum atomic E-state index is 12.8. The number of para-hydroxylation sites is 1. The number of piperidine rings is 1. The van der Waals surface area contributed by atoms with Crippen LogP contribution in [0.25, 0.3) is 0 Å². The maximum Gasteiger partial charge on any atom is 0.220 e. The number of carbonyl (C=O) groups is 1. The number of nitrogens with one attached hydrogen (secondary N) is 2. The molecule has 2 N–H and O–H groups in total. The quantitative estimate of drug-likeness (QED) is 0.675. The van der Waals surface area contributed by atoms with Crippen molar-refractivity contribution in [2.45, 2.75) is 77.4 Å². The van der Waals surface area contributed by atoms with Gasteiger partial charge in [-0.25, -0.2) is 0 Å². The van der Waals surface area contributed by atoms with Gasteiger partial charge in [-0.15, -0.1) is 12.4 Å². The van der Waals surface area contributed by atoms with Gasteiger partial charge in [-0.1, -0.05) is 32.0 Å². The van der Waals surface area contributed by atoms with Gasteiger partial charge >= 0.3 is 0 Å². The van der Waals surface area contributed by atoms with Gasteiger partial charge in [0.25, 0.3) is 0 Å². The molecule has 3 unspecified atom stereocenters. The number of fused-ring (bicyclic) bond motifs is 2. The van der Waals surface area contributed by atoms with Crippen molar-refractivity contribution < 1.29 is 9.53 Å². The van der Waals surface area contributed by atoms with Crippen LogP contribution in [0.4, 0.5) is 0 Å². The van der Waals surface area contributed by atoms with Crippen molar-refractivity contribution >= 4 is 18.3 Å². The molecule has 4 nitrogen and oxygen atoms in total. The normalized spacial score (nSPS) is 25.0. The summed E-state index contributed by atoms with van der Waals surface area (Å²) in [7, 11) is 0. The molecule has 2 fully saturated rings. The minimum Gasteiger partial charge on any atom is -0.494 e.